The molecule has 0 spiro atoms. The van der Waals surface area contributed by atoms with E-state index in [1.807, 2.05) is 0 Å². The molecule has 0 saturated heterocycles. The minimum absolute atomic E-state index is 0.101. The van der Waals surface area contributed by atoms with Crippen LogP contribution in [-0.4, -0.2) is 26.1 Å². The van der Waals surface area contributed by atoms with Crippen molar-refractivity contribution < 1.29 is 26.7 Å². The molecule has 0 aliphatic rings. The zero-order valence-corrected chi connectivity index (χ0v) is 16.1. The number of carbonyl (C=O) groups is 1. The van der Waals surface area contributed by atoms with E-state index in [9.17, 15) is 22.0 Å². The number of fused-ring (bicyclic) bond motifs is 1. The zero-order valence-electron chi connectivity index (χ0n) is 12.9. The molecule has 0 unspecified atom stereocenters. The number of halogens is 3. The molecule has 3 rings (SSSR count). The monoisotopic (exact) mass is 438 g/mol. The molecule has 0 atom stereocenters. The summed E-state index contributed by atoms with van der Waals surface area (Å²) in [7, 11) is -3.01. The second kappa shape index (κ2) is 7.06. The lowest BCUT2D eigenvalue weighted by molar-refractivity contribution is -0.141. The molecule has 0 aliphatic carbocycles. The summed E-state index contributed by atoms with van der Waals surface area (Å²) < 4.78 is 62.1. The molecule has 2 heterocycles. The number of carbonyl (C=O) groups excluding carboxylic acids is 1. The second-order valence-corrected chi connectivity index (χ2v) is 9.46. The van der Waals surface area contributed by atoms with Crippen molar-refractivity contribution in [2.75, 3.05) is 7.11 Å². The molecule has 0 amide bonds. The quantitative estimate of drug-likeness (QED) is 0.586. The molecule has 138 valence electrons. The van der Waals surface area contributed by atoms with Gasteiger partial charge in [0.05, 0.1) is 21.7 Å². The van der Waals surface area contributed by atoms with Crippen LogP contribution in [0, 0.1) is 11.6 Å². The van der Waals surface area contributed by atoms with Gasteiger partial charge in [-0.1, -0.05) is 22.9 Å². The number of thiophene rings is 1. The molecule has 26 heavy (non-hydrogen) atoms. The van der Waals surface area contributed by atoms with Gasteiger partial charge in [0.15, 0.2) is 5.82 Å². The van der Waals surface area contributed by atoms with Crippen molar-refractivity contribution in [3.63, 3.8) is 0 Å². The fourth-order valence-corrected chi connectivity index (χ4v) is 5.86. The Hall–Kier alpha value is -1.82. The summed E-state index contributed by atoms with van der Waals surface area (Å²) in [6.45, 7) is -0.487. The normalized spacial score (nSPS) is 12.7. The van der Waals surface area contributed by atoms with E-state index in [2.05, 4.69) is 9.13 Å². The molecule has 0 bridgehead atoms. The van der Waals surface area contributed by atoms with Gasteiger partial charge in [-0.2, -0.15) is 8.42 Å². The highest BCUT2D eigenvalue weighted by molar-refractivity contribution is 7.92. The van der Waals surface area contributed by atoms with E-state index in [1.54, 1.807) is 0 Å². The van der Waals surface area contributed by atoms with Crippen LogP contribution in [0.15, 0.2) is 32.9 Å². The number of ether oxygens (including phenoxy) is 1. The first-order chi connectivity index (χ1) is 12.2. The third-order valence-electron chi connectivity index (χ3n) is 3.21. The number of hydrogen-bond acceptors (Lipinski definition) is 6. The van der Waals surface area contributed by atoms with Crippen molar-refractivity contribution in [1.29, 1.82) is 0 Å². The van der Waals surface area contributed by atoms with Gasteiger partial charge in [0.2, 0.25) is 4.80 Å². The number of aromatic nitrogens is 1. The van der Waals surface area contributed by atoms with Gasteiger partial charge in [-0.05, 0) is 18.2 Å². The second-order valence-electron chi connectivity index (χ2n) is 4.91. The number of sulfonamides is 1. The maximum absolute atomic E-state index is 14.2. The Morgan fingerprint density at radius 2 is 2.04 bits per heavy atom. The molecule has 12 heteroatoms. The topological polar surface area (TPSA) is 77.7 Å². The molecular weight excluding hydrogens is 430 g/mol. The summed E-state index contributed by atoms with van der Waals surface area (Å²) in [6, 6.07) is 4.35. The molecule has 0 radical (unpaired) electrons. The van der Waals surface area contributed by atoms with E-state index in [0.29, 0.717) is 6.07 Å². The zero-order chi connectivity index (χ0) is 19.1. The lowest BCUT2D eigenvalue weighted by Crippen LogP contribution is -2.22. The molecule has 0 saturated carbocycles. The largest absolute Gasteiger partial charge is 0.468 e. The standard InChI is InChI=1S/C14H9ClF2N2O4S3/c1-23-11(20)6-19-13-8(17)4-7(16)5-9(13)24-14(19)18-26(21,22)12-3-2-10(15)25-12/h2-5H,6H2,1H3. The highest BCUT2D eigenvalue weighted by Crippen LogP contribution is 2.27. The van der Waals surface area contributed by atoms with Crippen molar-refractivity contribution in [2.45, 2.75) is 10.8 Å². The van der Waals surface area contributed by atoms with Crippen LogP contribution in [0.5, 0.6) is 0 Å². The Morgan fingerprint density at radius 3 is 2.65 bits per heavy atom. The van der Waals surface area contributed by atoms with Gasteiger partial charge in [0.1, 0.15) is 16.6 Å². The van der Waals surface area contributed by atoms with E-state index >= 15 is 0 Å². The van der Waals surface area contributed by atoms with Crippen LogP contribution in [0.25, 0.3) is 10.2 Å². The van der Waals surface area contributed by atoms with Crippen LogP contribution in [0.1, 0.15) is 0 Å². The molecule has 2 aromatic heterocycles. The van der Waals surface area contributed by atoms with Gasteiger partial charge < -0.3 is 9.30 Å². The average molecular weight is 439 g/mol. The summed E-state index contributed by atoms with van der Waals surface area (Å²) in [5.74, 6) is -2.52. The van der Waals surface area contributed by atoms with Crippen molar-refractivity contribution in [1.82, 2.24) is 4.57 Å². The molecule has 0 aliphatic heterocycles. The number of rotatable bonds is 4. The van der Waals surface area contributed by atoms with Crippen LogP contribution in [0.3, 0.4) is 0 Å². The summed E-state index contributed by atoms with van der Waals surface area (Å²) in [5.41, 5.74) is -0.139. The highest BCUT2D eigenvalue weighted by atomic mass is 35.5. The van der Waals surface area contributed by atoms with Crippen LogP contribution in [0.4, 0.5) is 8.78 Å². The number of benzene rings is 1. The highest BCUT2D eigenvalue weighted by Gasteiger charge is 2.20. The van der Waals surface area contributed by atoms with Crippen molar-refractivity contribution in [3.8, 4) is 0 Å². The van der Waals surface area contributed by atoms with Crippen LogP contribution >= 0.6 is 34.3 Å². The van der Waals surface area contributed by atoms with E-state index in [1.165, 1.54) is 12.1 Å². The molecular formula is C14H9ClF2N2O4S3. The number of thiazole rings is 1. The van der Waals surface area contributed by atoms with Crippen molar-refractivity contribution in [2.24, 2.45) is 4.40 Å². The summed E-state index contributed by atoms with van der Waals surface area (Å²) >= 11 is 7.29. The Bertz CT molecular complexity index is 1180. The van der Waals surface area contributed by atoms with Crippen LogP contribution < -0.4 is 4.80 Å². The van der Waals surface area contributed by atoms with Crippen molar-refractivity contribution >= 4 is 60.5 Å². The maximum atomic E-state index is 14.2. The minimum atomic E-state index is -4.15. The molecule has 0 fully saturated rings. The van der Waals surface area contributed by atoms with E-state index in [-0.39, 0.29) is 23.6 Å². The van der Waals surface area contributed by atoms with Crippen LogP contribution in [0.2, 0.25) is 4.34 Å². The Balaban J connectivity index is 2.29. The SMILES string of the molecule is COC(=O)Cn1c(=NS(=O)(=O)c2ccc(Cl)s2)sc2cc(F)cc(F)c21. The number of nitrogens with zero attached hydrogens (tertiary/aromatic N) is 2. The number of hydrogen-bond donors (Lipinski definition) is 0. The third kappa shape index (κ3) is 3.65. The first-order valence-corrected chi connectivity index (χ1v) is 10.3. The maximum Gasteiger partial charge on any atom is 0.325 e. The Kier molecular flexibility index (Phi) is 5.15. The van der Waals surface area contributed by atoms with E-state index < -0.39 is 34.2 Å². The van der Waals surface area contributed by atoms with Crippen molar-refractivity contribution in [3.05, 3.63) is 45.0 Å². The first-order valence-electron chi connectivity index (χ1n) is 6.83. The van der Waals surface area contributed by atoms with Gasteiger partial charge in [0, 0.05) is 6.07 Å². The Labute approximate surface area is 159 Å². The molecule has 3 aromatic rings. The fraction of sp³-hybridized carbons (Fsp3) is 0.143. The molecule has 6 nitrogen and oxygen atoms in total. The fourth-order valence-electron chi connectivity index (χ4n) is 2.12. The summed E-state index contributed by atoms with van der Waals surface area (Å²) in [4.78, 5) is 11.5. The number of methoxy groups -OCH3 is 1. The van der Waals surface area contributed by atoms with Gasteiger partial charge in [-0.15, -0.1) is 15.7 Å². The van der Waals surface area contributed by atoms with Crippen LogP contribution in [-0.2, 0) is 26.1 Å². The summed E-state index contributed by atoms with van der Waals surface area (Å²) in [6.07, 6.45) is 0. The van der Waals surface area contributed by atoms with Gasteiger partial charge in [0.25, 0.3) is 10.0 Å². The predicted molar refractivity (Wildman–Crippen MR) is 93.8 cm³/mol. The average Bonchev–Trinajstić information content (AvgIpc) is 3.12. The van der Waals surface area contributed by atoms with Gasteiger partial charge in [-0.3, -0.25) is 4.79 Å². The first kappa shape index (κ1) is 19.0. The van der Waals surface area contributed by atoms with E-state index in [4.69, 9.17) is 11.6 Å². The van der Waals surface area contributed by atoms with E-state index in [0.717, 1.165) is 40.4 Å². The smallest absolute Gasteiger partial charge is 0.325 e. The lowest BCUT2D eigenvalue weighted by atomic mass is 10.3. The van der Waals surface area contributed by atoms with Gasteiger partial charge in [-0.25, -0.2) is 8.78 Å². The Morgan fingerprint density at radius 1 is 1.31 bits per heavy atom. The lowest BCUT2D eigenvalue weighted by Gasteiger charge is -2.04. The molecule has 0 N–H and O–H groups in total. The predicted octanol–water partition coefficient (Wildman–Crippen LogP) is 3.16. The summed E-state index contributed by atoms with van der Waals surface area (Å²) in [5, 5.41) is 0. The number of esters is 1. The third-order valence-corrected chi connectivity index (χ3v) is 7.32. The molecule has 1 aromatic carbocycles. The van der Waals surface area contributed by atoms with Gasteiger partial charge >= 0.3 is 5.97 Å². The minimum Gasteiger partial charge on any atom is -0.468 e.